The fraction of sp³-hybridized carbons (Fsp3) is 0.350. The van der Waals surface area contributed by atoms with Crippen LogP contribution in [0.4, 0.5) is 0 Å². The lowest BCUT2D eigenvalue weighted by molar-refractivity contribution is -0.123. The molecule has 2 aromatic carbocycles. The maximum atomic E-state index is 12.5. The Morgan fingerprint density at radius 2 is 1.54 bits per heavy atom. The Balaban J connectivity index is 0.00000169. The smallest absolute Gasteiger partial charge is 0.234 e. The van der Waals surface area contributed by atoms with Crippen molar-refractivity contribution in [1.29, 1.82) is 0 Å². The number of rotatable bonds is 6. The second-order valence-corrected chi connectivity index (χ2v) is 6.25. The number of carbonyl (C=O) groups excluding carboxylic acids is 1. The van der Waals surface area contributed by atoms with Gasteiger partial charge in [-0.1, -0.05) is 60.7 Å². The van der Waals surface area contributed by atoms with Crippen molar-refractivity contribution in [1.82, 2.24) is 15.5 Å². The third-order valence-corrected chi connectivity index (χ3v) is 4.40. The Kier molecular flexibility index (Phi) is 10.3. The van der Waals surface area contributed by atoms with E-state index >= 15 is 0 Å². The number of halogens is 2. The summed E-state index contributed by atoms with van der Waals surface area (Å²) in [4.78, 5) is 14.7. The van der Waals surface area contributed by atoms with Gasteiger partial charge >= 0.3 is 0 Å². The summed E-state index contributed by atoms with van der Waals surface area (Å²) in [5.41, 5.74) is 2.38. The molecule has 1 aliphatic heterocycles. The van der Waals surface area contributed by atoms with Crippen molar-refractivity contribution in [2.75, 3.05) is 32.7 Å². The molecule has 1 aliphatic rings. The van der Waals surface area contributed by atoms with Crippen LogP contribution in [0.1, 0.15) is 17.2 Å². The van der Waals surface area contributed by atoms with Gasteiger partial charge in [-0.05, 0) is 17.5 Å². The van der Waals surface area contributed by atoms with Crippen LogP contribution in [-0.4, -0.2) is 43.5 Å². The molecule has 26 heavy (non-hydrogen) atoms. The maximum absolute atomic E-state index is 12.5. The highest BCUT2D eigenvalue weighted by molar-refractivity contribution is 5.85. The number of nitrogens with one attached hydrogen (secondary N) is 2. The van der Waals surface area contributed by atoms with E-state index in [0.29, 0.717) is 6.54 Å². The Morgan fingerprint density at radius 3 is 2.15 bits per heavy atom. The van der Waals surface area contributed by atoms with Crippen LogP contribution in [0.3, 0.4) is 0 Å². The van der Waals surface area contributed by atoms with Gasteiger partial charge in [0.1, 0.15) is 0 Å². The number of carbonyl (C=O) groups is 1. The molecule has 0 saturated carbocycles. The second kappa shape index (κ2) is 11.9. The molecule has 1 heterocycles. The van der Waals surface area contributed by atoms with Crippen LogP contribution in [-0.2, 0) is 11.2 Å². The molecule has 0 bridgehead atoms. The van der Waals surface area contributed by atoms with E-state index in [4.69, 9.17) is 0 Å². The number of amides is 1. The van der Waals surface area contributed by atoms with Gasteiger partial charge in [0, 0.05) is 26.2 Å². The molecule has 1 atom stereocenters. The molecule has 0 aliphatic carbocycles. The van der Waals surface area contributed by atoms with Crippen molar-refractivity contribution in [3.05, 3.63) is 71.8 Å². The number of hydrogen-bond donors (Lipinski definition) is 2. The largest absolute Gasteiger partial charge is 0.348 e. The third-order valence-electron chi connectivity index (χ3n) is 4.40. The monoisotopic (exact) mass is 395 g/mol. The van der Waals surface area contributed by atoms with Crippen LogP contribution in [0.5, 0.6) is 0 Å². The Bertz CT molecular complexity index is 634. The molecule has 2 N–H and O–H groups in total. The third kappa shape index (κ3) is 6.96. The van der Waals surface area contributed by atoms with E-state index in [1.54, 1.807) is 0 Å². The molecule has 0 spiro atoms. The molecule has 1 amide bonds. The van der Waals surface area contributed by atoms with Gasteiger partial charge in [0.15, 0.2) is 0 Å². The number of piperazine rings is 1. The molecule has 1 unspecified atom stereocenters. The average molecular weight is 396 g/mol. The molecule has 4 nitrogen and oxygen atoms in total. The molecule has 0 aromatic heterocycles. The van der Waals surface area contributed by atoms with Crippen molar-refractivity contribution in [3.63, 3.8) is 0 Å². The fourth-order valence-electron chi connectivity index (χ4n) is 3.10. The first kappa shape index (κ1) is 22.5. The summed E-state index contributed by atoms with van der Waals surface area (Å²) < 4.78 is 0. The zero-order chi connectivity index (χ0) is 16.6. The molecule has 6 heteroatoms. The van der Waals surface area contributed by atoms with Crippen molar-refractivity contribution in [3.8, 4) is 0 Å². The molecule has 0 radical (unpaired) electrons. The number of benzene rings is 2. The van der Waals surface area contributed by atoms with E-state index in [0.717, 1.165) is 38.2 Å². The Morgan fingerprint density at radius 1 is 0.962 bits per heavy atom. The zero-order valence-corrected chi connectivity index (χ0v) is 16.4. The predicted octanol–water partition coefficient (Wildman–Crippen LogP) is 2.84. The summed E-state index contributed by atoms with van der Waals surface area (Å²) in [5.74, 6) is 0.0988. The first-order valence-corrected chi connectivity index (χ1v) is 8.62. The van der Waals surface area contributed by atoms with E-state index in [9.17, 15) is 4.79 Å². The number of hydrogen-bond acceptors (Lipinski definition) is 3. The van der Waals surface area contributed by atoms with Crippen molar-refractivity contribution >= 4 is 30.7 Å². The lowest BCUT2D eigenvalue weighted by Crippen LogP contribution is -2.48. The van der Waals surface area contributed by atoms with Crippen molar-refractivity contribution in [2.24, 2.45) is 0 Å². The summed E-state index contributed by atoms with van der Waals surface area (Å²) in [6, 6.07) is 20.5. The quantitative estimate of drug-likeness (QED) is 0.790. The van der Waals surface area contributed by atoms with E-state index in [1.807, 2.05) is 36.4 Å². The van der Waals surface area contributed by atoms with Crippen LogP contribution in [0.2, 0.25) is 0 Å². The first-order valence-electron chi connectivity index (χ1n) is 8.62. The topological polar surface area (TPSA) is 44.4 Å². The van der Waals surface area contributed by atoms with Gasteiger partial charge in [-0.25, -0.2) is 0 Å². The van der Waals surface area contributed by atoms with Crippen LogP contribution in [0, 0.1) is 0 Å². The van der Waals surface area contributed by atoms with Crippen LogP contribution < -0.4 is 10.6 Å². The fourth-order valence-corrected chi connectivity index (χ4v) is 3.10. The van der Waals surface area contributed by atoms with Crippen LogP contribution in [0.15, 0.2) is 60.7 Å². The predicted molar refractivity (Wildman–Crippen MR) is 111 cm³/mol. The average Bonchev–Trinajstić information content (AvgIpc) is 2.63. The summed E-state index contributed by atoms with van der Waals surface area (Å²) in [6.45, 7) is 4.25. The van der Waals surface area contributed by atoms with Crippen LogP contribution in [0.25, 0.3) is 0 Å². The summed E-state index contributed by atoms with van der Waals surface area (Å²) in [7, 11) is 0. The Labute approximate surface area is 168 Å². The SMILES string of the molecule is Cl.Cl.O=C(CN1CCNCC1)NC(Cc1ccccc1)c1ccccc1. The van der Waals surface area contributed by atoms with Crippen LogP contribution >= 0.6 is 24.8 Å². The first-order chi connectivity index (χ1) is 11.8. The van der Waals surface area contributed by atoms with Gasteiger partial charge in [0.2, 0.25) is 5.91 Å². The van der Waals surface area contributed by atoms with Gasteiger partial charge in [-0.15, -0.1) is 24.8 Å². The highest BCUT2D eigenvalue weighted by Gasteiger charge is 2.18. The molecule has 2 aromatic rings. The highest BCUT2D eigenvalue weighted by atomic mass is 35.5. The van der Waals surface area contributed by atoms with E-state index in [2.05, 4.69) is 39.8 Å². The summed E-state index contributed by atoms with van der Waals surface area (Å²) >= 11 is 0. The number of nitrogens with zero attached hydrogens (tertiary/aromatic N) is 1. The second-order valence-electron chi connectivity index (χ2n) is 6.25. The van der Waals surface area contributed by atoms with Gasteiger partial charge in [0.25, 0.3) is 0 Å². The summed E-state index contributed by atoms with van der Waals surface area (Å²) in [5, 5.41) is 6.54. The molecule has 3 rings (SSSR count). The van der Waals surface area contributed by atoms with Gasteiger partial charge < -0.3 is 10.6 Å². The molecule has 1 fully saturated rings. The molecule has 142 valence electrons. The minimum atomic E-state index is 0. The minimum Gasteiger partial charge on any atom is -0.348 e. The maximum Gasteiger partial charge on any atom is 0.234 e. The van der Waals surface area contributed by atoms with Gasteiger partial charge in [-0.2, -0.15) is 0 Å². The van der Waals surface area contributed by atoms with Gasteiger partial charge in [-0.3, -0.25) is 9.69 Å². The van der Waals surface area contributed by atoms with E-state index in [1.165, 1.54) is 5.56 Å². The lowest BCUT2D eigenvalue weighted by Gasteiger charge is -2.27. The zero-order valence-electron chi connectivity index (χ0n) is 14.8. The summed E-state index contributed by atoms with van der Waals surface area (Å²) in [6.07, 6.45) is 0.804. The van der Waals surface area contributed by atoms with Crippen molar-refractivity contribution in [2.45, 2.75) is 12.5 Å². The lowest BCUT2D eigenvalue weighted by atomic mass is 9.99. The molecular formula is C20H27Cl2N3O. The Hall–Kier alpha value is -1.59. The highest BCUT2D eigenvalue weighted by Crippen LogP contribution is 2.18. The molecular weight excluding hydrogens is 369 g/mol. The van der Waals surface area contributed by atoms with Crippen molar-refractivity contribution < 1.29 is 4.79 Å². The normalized spacial score (nSPS) is 15.2. The molecule has 1 saturated heterocycles. The minimum absolute atomic E-state index is 0. The standard InChI is InChI=1S/C20H25N3O.2ClH/c24-20(16-23-13-11-21-12-14-23)22-19(18-9-5-2-6-10-18)15-17-7-3-1-4-8-17;;/h1-10,19,21H,11-16H2,(H,22,24);2*1H. The van der Waals surface area contributed by atoms with E-state index in [-0.39, 0.29) is 36.8 Å². The van der Waals surface area contributed by atoms with Gasteiger partial charge in [0.05, 0.1) is 12.6 Å². The van der Waals surface area contributed by atoms with E-state index < -0.39 is 0 Å².